The highest BCUT2D eigenvalue weighted by Gasteiger charge is 2.15. The highest BCUT2D eigenvalue weighted by molar-refractivity contribution is 5.94. The van der Waals surface area contributed by atoms with Crippen molar-refractivity contribution < 1.29 is 14.6 Å². The lowest BCUT2D eigenvalue weighted by atomic mass is 10.2. The molecule has 1 aromatic rings. The van der Waals surface area contributed by atoms with E-state index in [2.05, 4.69) is 5.32 Å². The topological polar surface area (TPSA) is 87.8 Å². The van der Waals surface area contributed by atoms with Crippen molar-refractivity contribution in [2.45, 2.75) is 13.0 Å². The van der Waals surface area contributed by atoms with E-state index in [0.29, 0.717) is 12.2 Å². The van der Waals surface area contributed by atoms with E-state index in [1.54, 1.807) is 0 Å². The summed E-state index contributed by atoms with van der Waals surface area (Å²) in [6.07, 6.45) is -0.642. The van der Waals surface area contributed by atoms with Gasteiger partial charge in [-0.05, 0) is 31.2 Å². The van der Waals surface area contributed by atoms with Gasteiger partial charge in [0.05, 0.1) is 6.61 Å². The zero-order valence-corrected chi connectivity index (χ0v) is 12.0. The number of nitrogens with zero attached hydrogens (tertiary/aromatic N) is 1. The van der Waals surface area contributed by atoms with Crippen LogP contribution in [0, 0.1) is 0 Å². The van der Waals surface area contributed by atoms with Crippen LogP contribution in [-0.4, -0.2) is 50.5 Å². The molecule has 1 aromatic carbocycles. The van der Waals surface area contributed by atoms with E-state index in [0.717, 1.165) is 12.2 Å². The van der Waals surface area contributed by atoms with E-state index in [4.69, 9.17) is 15.6 Å². The third kappa shape index (κ3) is 4.48. The second-order valence-corrected chi connectivity index (χ2v) is 4.30. The fourth-order valence-corrected chi connectivity index (χ4v) is 1.88. The molecule has 0 bridgehead atoms. The highest BCUT2D eigenvalue weighted by Crippen LogP contribution is 2.17. The van der Waals surface area contributed by atoms with Crippen molar-refractivity contribution in [3.05, 3.63) is 24.3 Å². The first-order chi connectivity index (χ1) is 9.65. The van der Waals surface area contributed by atoms with E-state index >= 15 is 0 Å². The Balaban J connectivity index is 2.69. The Hall–Kier alpha value is -1.63. The second kappa shape index (κ2) is 8.52. The molecule has 0 radical (unpaired) electrons. The minimum Gasteiger partial charge on any atom is -0.395 e. The van der Waals surface area contributed by atoms with Crippen molar-refractivity contribution in [2.75, 3.05) is 43.6 Å². The predicted molar refractivity (Wildman–Crippen MR) is 79.9 cm³/mol. The van der Waals surface area contributed by atoms with Gasteiger partial charge in [-0.1, -0.05) is 0 Å². The quantitative estimate of drug-likeness (QED) is 0.642. The molecule has 1 rings (SSSR count). The van der Waals surface area contributed by atoms with Crippen LogP contribution >= 0.6 is 0 Å². The summed E-state index contributed by atoms with van der Waals surface area (Å²) in [6, 6.07) is 7.44. The molecule has 1 atom stereocenters. The van der Waals surface area contributed by atoms with E-state index in [1.165, 1.54) is 7.11 Å². The molecule has 0 spiro atoms. The lowest BCUT2D eigenvalue weighted by Crippen LogP contribution is -2.35. The molecule has 1 unspecified atom stereocenters. The summed E-state index contributed by atoms with van der Waals surface area (Å²) in [5, 5.41) is 11.7. The Labute approximate surface area is 119 Å². The number of nitrogens with one attached hydrogen (secondary N) is 1. The summed E-state index contributed by atoms with van der Waals surface area (Å²) >= 11 is 0. The first kappa shape index (κ1) is 16.4. The van der Waals surface area contributed by atoms with Crippen molar-refractivity contribution in [2.24, 2.45) is 5.73 Å². The number of benzene rings is 1. The molecule has 4 N–H and O–H groups in total. The van der Waals surface area contributed by atoms with Crippen LogP contribution in [0.3, 0.4) is 0 Å². The molecule has 0 aromatic heterocycles. The van der Waals surface area contributed by atoms with E-state index in [9.17, 15) is 4.79 Å². The molecular formula is C14H23N3O3. The SMILES string of the molecule is CCN(CCO)c1ccc(NC(=O)C(CN)OC)cc1. The molecule has 112 valence electrons. The zero-order chi connectivity index (χ0) is 15.0. The van der Waals surface area contributed by atoms with E-state index in [-0.39, 0.29) is 19.1 Å². The van der Waals surface area contributed by atoms with Crippen LogP contribution in [0.15, 0.2) is 24.3 Å². The predicted octanol–water partition coefficient (Wildman–Crippen LogP) is 0.417. The van der Waals surface area contributed by atoms with Crippen LogP contribution < -0.4 is 16.0 Å². The molecule has 0 aliphatic rings. The van der Waals surface area contributed by atoms with Crippen LogP contribution in [0.4, 0.5) is 11.4 Å². The number of likely N-dealkylation sites (N-methyl/N-ethyl adjacent to an activating group) is 1. The fourth-order valence-electron chi connectivity index (χ4n) is 1.88. The molecule has 1 amide bonds. The van der Waals surface area contributed by atoms with Gasteiger partial charge in [0.1, 0.15) is 6.10 Å². The standard InChI is InChI=1S/C14H23N3O3/c1-3-17(8-9-18)12-6-4-11(5-7-12)16-14(19)13(10-15)20-2/h4-7,13,18H,3,8-10,15H2,1-2H3,(H,16,19). The number of hydrogen-bond donors (Lipinski definition) is 3. The van der Waals surface area contributed by atoms with Crippen molar-refractivity contribution >= 4 is 17.3 Å². The lowest BCUT2D eigenvalue weighted by Gasteiger charge is -2.22. The Bertz CT molecular complexity index is 405. The van der Waals surface area contributed by atoms with Gasteiger partial charge in [0, 0.05) is 38.1 Å². The van der Waals surface area contributed by atoms with Crippen LogP contribution in [0.2, 0.25) is 0 Å². The van der Waals surface area contributed by atoms with Gasteiger partial charge in [0.15, 0.2) is 0 Å². The van der Waals surface area contributed by atoms with Gasteiger partial charge >= 0.3 is 0 Å². The van der Waals surface area contributed by atoms with E-state index < -0.39 is 6.10 Å². The third-order valence-corrected chi connectivity index (χ3v) is 3.04. The number of carbonyl (C=O) groups is 1. The molecule has 0 saturated heterocycles. The molecule has 6 heteroatoms. The zero-order valence-electron chi connectivity index (χ0n) is 12.0. The van der Waals surface area contributed by atoms with Gasteiger partial charge in [0.25, 0.3) is 5.91 Å². The van der Waals surface area contributed by atoms with Gasteiger partial charge in [-0.15, -0.1) is 0 Å². The minimum absolute atomic E-state index is 0.109. The van der Waals surface area contributed by atoms with Gasteiger partial charge < -0.3 is 25.8 Å². The van der Waals surface area contributed by atoms with Gasteiger partial charge in [-0.2, -0.15) is 0 Å². The number of methoxy groups -OCH3 is 1. The number of ether oxygens (including phenoxy) is 1. The first-order valence-corrected chi connectivity index (χ1v) is 6.65. The minimum atomic E-state index is -0.642. The first-order valence-electron chi connectivity index (χ1n) is 6.65. The van der Waals surface area contributed by atoms with Gasteiger partial charge in [0.2, 0.25) is 0 Å². The lowest BCUT2D eigenvalue weighted by molar-refractivity contribution is -0.125. The smallest absolute Gasteiger partial charge is 0.254 e. The number of hydrogen-bond acceptors (Lipinski definition) is 5. The number of aliphatic hydroxyl groups excluding tert-OH is 1. The van der Waals surface area contributed by atoms with Crippen molar-refractivity contribution in [1.29, 1.82) is 0 Å². The van der Waals surface area contributed by atoms with Gasteiger partial charge in [-0.25, -0.2) is 0 Å². The number of rotatable bonds is 8. The van der Waals surface area contributed by atoms with Gasteiger partial charge in [-0.3, -0.25) is 4.79 Å². The Morgan fingerprint density at radius 3 is 2.55 bits per heavy atom. The fraction of sp³-hybridized carbons (Fsp3) is 0.500. The monoisotopic (exact) mass is 281 g/mol. The number of amides is 1. The summed E-state index contributed by atoms with van der Waals surface area (Å²) < 4.78 is 4.97. The maximum absolute atomic E-state index is 11.8. The summed E-state index contributed by atoms with van der Waals surface area (Å²) in [7, 11) is 1.45. The molecule has 0 aliphatic heterocycles. The molecular weight excluding hydrogens is 258 g/mol. The molecule has 0 aliphatic carbocycles. The second-order valence-electron chi connectivity index (χ2n) is 4.30. The molecule has 0 saturated carbocycles. The highest BCUT2D eigenvalue weighted by atomic mass is 16.5. The van der Waals surface area contributed by atoms with Crippen molar-refractivity contribution in [1.82, 2.24) is 0 Å². The van der Waals surface area contributed by atoms with Crippen molar-refractivity contribution in [3.63, 3.8) is 0 Å². The van der Waals surface area contributed by atoms with Crippen molar-refractivity contribution in [3.8, 4) is 0 Å². The summed E-state index contributed by atoms with van der Waals surface area (Å²) in [4.78, 5) is 13.8. The van der Waals surface area contributed by atoms with Crippen LogP contribution in [0.5, 0.6) is 0 Å². The Morgan fingerprint density at radius 1 is 1.45 bits per heavy atom. The number of aliphatic hydroxyl groups is 1. The summed E-state index contributed by atoms with van der Waals surface area (Å²) in [6.45, 7) is 3.67. The number of anilines is 2. The van der Waals surface area contributed by atoms with E-state index in [1.807, 2.05) is 36.1 Å². The average Bonchev–Trinajstić information content (AvgIpc) is 2.47. The van der Waals surface area contributed by atoms with Crippen LogP contribution in [-0.2, 0) is 9.53 Å². The maximum Gasteiger partial charge on any atom is 0.254 e. The summed E-state index contributed by atoms with van der Waals surface area (Å²) in [5.74, 6) is -0.259. The molecule has 20 heavy (non-hydrogen) atoms. The average molecular weight is 281 g/mol. The number of nitrogens with two attached hydrogens (primary N) is 1. The molecule has 0 heterocycles. The summed E-state index contributed by atoms with van der Waals surface area (Å²) in [5.41, 5.74) is 7.13. The third-order valence-electron chi connectivity index (χ3n) is 3.04. The van der Waals surface area contributed by atoms with Crippen LogP contribution in [0.25, 0.3) is 0 Å². The normalized spacial score (nSPS) is 12.0. The Morgan fingerprint density at radius 2 is 2.10 bits per heavy atom. The van der Waals surface area contributed by atoms with Crippen LogP contribution in [0.1, 0.15) is 6.92 Å². The largest absolute Gasteiger partial charge is 0.395 e. The number of carbonyl (C=O) groups excluding carboxylic acids is 1. The molecule has 0 fully saturated rings. The maximum atomic E-state index is 11.8. The molecule has 6 nitrogen and oxygen atoms in total. The Kier molecular flexibility index (Phi) is 7.00.